The molecule has 1 saturated heterocycles. The Balaban J connectivity index is 1.84. The quantitative estimate of drug-likeness (QED) is 0.221. The van der Waals surface area contributed by atoms with Crippen LogP contribution in [0.15, 0.2) is 36.4 Å². The number of anilines is 1. The van der Waals surface area contributed by atoms with Gasteiger partial charge in [0.25, 0.3) is 5.91 Å². The Labute approximate surface area is 253 Å². The van der Waals surface area contributed by atoms with Gasteiger partial charge in [-0.15, -0.1) is 0 Å². The fourth-order valence-corrected chi connectivity index (χ4v) is 6.22. The van der Waals surface area contributed by atoms with Gasteiger partial charge in [0.15, 0.2) is 5.82 Å². The number of benzene rings is 1. The third-order valence-electron chi connectivity index (χ3n) is 6.58. The van der Waals surface area contributed by atoms with Crippen LogP contribution in [0.2, 0.25) is 0 Å². The van der Waals surface area contributed by atoms with Crippen LogP contribution in [0.5, 0.6) is 0 Å². The zero-order valence-electron chi connectivity index (χ0n) is 25.4. The van der Waals surface area contributed by atoms with Crippen molar-refractivity contribution < 1.29 is 32.7 Å². The standard InChI is InChI=1S/C29H43N6O7P/c1-5-9-19-40-29(38)35-17-15-34(16-18-35)28(37)24(21-43(39,41-7-3)42-8-4)32-27(36)23-20-25(30-6-2)33-26(31-23)22-13-11-10-12-14-22/h10-14,20,24H,5-9,15-19,21H2,1-4H3,(H,32,36)(H,30,31,33). The summed E-state index contributed by atoms with van der Waals surface area (Å²) in [4.78, 5) is 51.8. The van der Waals surface area contributed by atoms with Crippen LogP contribution in [-0.2, 0) is 23.1 Å². The Bertz CT molecular complexity index is 1250. The molecule has 0 radical (unpaired) electrons. The molecule has 236 valence electrons. The molecule has 2 N–H and O–H groups in total. The molecule has 1 fully saturated rings. The van der Waals surface area contributed by atoms with E-state index in [2.05, 4.69) is 20.6 Å². The van der Waals surface area contributed by atoms with Gasteiger partial charge in [0.2, 0.25) is 5.91 Å². The number of hydrogen-bond donors (Lipinski definition) is 2. The maximum absolute atomic E-state index is 13.8. The highest BCUT2D eigenvalue weighted by Gasteiger charge is 2.37. The second-order valence-electron chi connectivity index (χ2n) is 9.79. The van der Waals surface area contributed by atoms with Crippen molar-refractivity contribution in [3.8, 4) is 11.4 Å². The van der Waals surface area contributed by atoms with E-state index in [0.717, 1.165) is 12.8 Å². The van der Waals surface area contributed by atoms with Crippen LogP contribution in [0, 0.1) is 0 Å². The summed E-state index contributed by atoms with van der Waals surface area (Å²) in [5.74, 6) is -0.324. The number of rotatable bonds is 15. The molecule has 1 aliphatic rings. The largest absolute Gasteiger partial charge is 0.449 e. The molecule has 2 heterocycles. The van der Waals surface area contributed by atoms with Crippen molar-refractivity contribution >= 4 is 31.3 Å². The molecule has 1 atom stereocenters. The monoisotopic (exact) mass is 618 g/mol. The summed E-state index contributed by atoms with van der Waals surface area (Å²) < 4.78 is 29.7. The zero-order chi connectivity index (χ0) is 31.2. The van der Waals surface area contributed by atoms with E-state index in [4.69, 9.17) is 13.8 Å². The van der Waals surface area contributed by atoms with Gasteiger partial charge in [0.05, 0.1) is 26.0 Å². The first kappa shape index (κ1) is 34.0. The average molecular weight is 619 g/mol. The molecule has 14 heteroatoms. The molecule has 1 aromatic heterocycles. The summed E-state index contributed by atoms with van der Waals surface area (Å²) in [6, 6.07) is 9.48. The molecule has 2 aromatic rings. The summed E-state index contributed by atoms with van der Waals surface area (Å²) >= 11 is 0. The highest BCUT2D eigenvalue weighted by Crippen LogP contribution is 2.48. The SMILES string of the molecule is CCCCOC(=O)N1CCN(C(=O)C(CP(=O)(OCC)OCC)NC(=O)c2cc(NCC)nc(-c3ccccc3)n2)CC1. The Morgan fingerprint density at radius 3 is 2.21 bits per heavy atom. The second kappa shape index (κ2) is 16.9. The van der Waals surface area contributed by atoms with Crippen LogP contribution in [0.4, 0.5) is 10.6 Å². The number of carbonyl (C=O) groups is 3. The van der Waals surface area contributed by atoms with Gasteiger partial charge in [0.1, 0.15) is 17.6 Å². The fourth-order valence-electron chi connectivity index (χ4n) is 4.45. The summed E-state index contributed by atoms with van der Waals surface area (Å²) in [5.41, 5.74) is 0.747. The maximum Gasteiger partial charge on any atom is 0.409 e. The van der Waals surface area contributed by atoms with E-state index in [1.807, 2.05) is 44.2 Å². The number of nitrogens with zero attached hydrogens (tertiary/aromatic N) is 4. The summed E-state index contributed by atoms with van der Waals surface area (Å²) in [7, 11) is -3.74. The van der Waals surface area contributed by atoms with Crippen molar-refractivity contribution in [2.45, 2.75) is 46.6 Å². The Morgan fingerprint density at radius 1 is 0.953 bits per heavy atom. The lowest BCUT2D eigenvalue weighted by molar-refractivity contribution is -0.134. The number of carbonyl (C=O) groups excluding carboxylic acids is 3. The predicted octanol–water partition coefficient (Wildman–Crippen LogP) is 4.02. The normalized spacial score (nSPS) is 14.2. The third-order valence-corrected chi connectivity index (χ3v) is 8.70. The first-order valence-electron chi connectivity index (χ1n) is 14.8. The fraction of sp³-hybridized carbons (Fsp3) is 0.552. The van der Waals surface area contributed by atoms with Crippen molar-refractivity contribution in [1.82, 2.24) is 25.1 Å². The molecular weight excluding hydrogens is 575 g/mol. The number of amides is 3. The molecule has 1 unspecified atom stereocenters. The predicted molar refractivity (Wildman–Crippen MR) is 163 cm³/mol. The average Bonchev–Trinajstić information content (AvgIpc) is 3.01. The molecule has 13 nitrogen and oxygen atoms in total. The molecule has 1 aromatic carbocycles. The van der Waals surface area contributed by atoms with E-state index >= 15 is 0 Å². The van der Waals surface area contributed by atoms with Gasteiger partial charge in [-0.05, 0) is 27.2 Å². The van der Waals surface area contributed by atoms with Crippen molar-refractivity contribution in [3.05, 3.63) is 42.1 Å². The smallest absolute Gasteiger partial charge is 0.409 e. The lowest BCUT2D eigenvalue weighted by atomic mass is 10.2. The van der Waals surface area contributed by atoms with Crippen LogP contribution in [-0.4, -0.2) is 102 Å². The summed E-state index contributed by atoms with van der Waals surface area (Å²) in [6.45, 7) is 9.35. The number of piperazine rings is 1. The minimum atomic E-state index is -3.74. The summed E-state index contributed by atoms with van der Waals surface area (Å²) in [6.07, 6.45) is 0.905. The molecule has 3 amide bonds. The van der Waals surface area contributed by atoms with Gasteiger partial charge >= 0.3 is 13.7 Å². The van der Waals surface area contributed by atoms with Gasteiger partial charge in [0, 0.05) is 44.4 Å². The van der Waals surface area contributed by atoms with Gasteiger partial charge in [-0.3, -0.25) is 14.2 Å². The molecule has 3 rings (SSSR count). The van der Waals surface area contributed by atoms with Crippen molar-refractivity contribution in [2.24, 2.45) is 0 Å². The Kier molecular flexibility index (Phi) is 13.4. The van der Waals surface area contributed by atoms with Crippen molar-refractivity contribution in [3.63, 3.8) is 0 Å². The lowest BCUT2D eigenvalue weighted by Gasteiger charge is -2.36. The molecular formula is C29H43N6O7P. The van der Waals surface area contributed by atoms with Gasteiger partial charge in [-0.25, -0.2) is 14.8 Å². The van der Waals surface area contributed by atoms with Crippen LogP contribution < -0.4 is 10.6 Å². The van der Waals surface area contributed by atoms with Crippen LogP contribution in [0.25, 0.3) is 11.4 Å². The molecule has 0 bridgehead atoms. The highest BCUT2D eigenvalue weighted by atomic mass is 31.2. The first-order chi connectivity index (χ1) is 20.7. The van der Waals surface area contributed by atoms with Gasteiger partial charge < -0.3 is 34.2 Å². The van der Waals surface area contributed by atoms with E-state index in [1.165, 1.54) is 11.0 Å². The summed E-state index contributed by atoms with van der Waals surface area (Å²) in [5, 5.41) is 5.84. The van der Waals surface area contributed by atoms with Crippen molar-refractivity contribution in [1.29, 1.82) is 0 Å². The van der Waals surface area contributed by atoms with Gasteiger partial charge in [-0.2, -0.15) is 0 Å². The van der Waals surface area contributed by atoms with E-state index in [9.17, 15) is 18.9 Å². The molecule has 43 heavy (non-hydrogen) atoms. The Hall–Kier alpha value is -3.54. The van der Waals surface area contributed by atoms with Crippen LogP contribution in [0.1, 0.15) is 51.0 Å². The minimum Gasteiger partial charge on any atom is -0.449 e. The zero-order valence-corrected chi connectivity index (χ0v) is 26.3. The maximum atomic E-state index is 13.8. The van der Waals surface area contributed by atoms with E-state index in [0.29, 0.717) is 30.4 Å². The number of hydrogen-bond acceptors (Lipinski definition) is 10. The number of aromatic nitrogens is 2. The molecule has 0 saturated carbocycles. The molecule has 0 spiro atoms. The van der Waals surface area contributed by atoms with Crippen LogP contribution >= 0.6 is 7.60 Å². The highest BCUT2D eigenvalue weighted by molar-refractivity contribution is 7.54. The van der Waals surface area contributed by atoms with Gasteiger partial charge in [-0.1, -0.05) is 43.7 Å². The number of unbranched alkanes of at least 4 members (excludes halogenated alkanes) is 1. The minimum absolute atomic E-state index is 0.0323. The number of nitrogens with one attached hydrogen (secondary N) is 2. The Morgan fingerprint density at radius 2 is 1.60 bits per heavy atom. The number of ether oxygens (including phenoxy) is 1. The topological polar surface area (TPSA) is 152 Å². The molecule has 0 aliphatic carbocycles. The first-order valence-corrected chi connectivity index (χ1v) is 16.5. The van der Waals surface area contributed by atoms with E-state index < -0.39 is 31.5 Å². The van der Waals surface area contributed by atoms with Crippen molar-refractivity contribution in [2.75, 3.05) is 64.0 Å². The van der Waals surface area contributed by atoms with E-state index in [-0.39, 0.29) is 51.2 Å². The molecule has 1 aliphatic heterocycles. The van der Waals surface area contributed by atoms with E-state index in [1.54, 1.807) is 18.7 Å². The van der Waals surface area contributed by atoms with Crippen LogP contribution in [0.3, 0.4) is 0 Å². The lowest BCUT2D eigenvalue weighted by Crippen LogP contribution is -2.57. The third kappa shape index (κ3) is 10.0. The second-order valence-corrected chi connectivity index (χ2v) is 11.9.